The predicted molar refractivity (Wildman–Crippen MR) is 78.4 cm³/mol. The maximum atomic E-state index is 12.1. The molecular weight excluding hydrogens is 254 g/mol. The molecule has 1 saturated carbocycles. The molecule has 20 heavy (non-hydrogen) atoms. The van der Waals surface area contributed by atoms with Gasteiger partial charge in [-0.15, -0.1) is 0 Å². The average molecular weight is 277 g/mol. The monoisotopic (exact) mass is 277 g/mol. The van der Waals surface area contributed by atoms with E-state index in [9.17, 15) is 4.79 Å². The summed E-state index contributed by atoms with van der Waals surface area (Å²) < 4.78 is 10.7. The van der Waals surface area contributed by atoms with Crippen molar-refractivity contribution in [1.29, 1.82) is 0 Å². The second-order valence-electron chi connectivity index (χ2n) is 5.36. The number of carbonyl (C=O) groups excluding carboxylic acids is 1. The number of ether oxygens (including phenoxy) is 2. The Morgan fingerprint density at radius 3 is 2.45 bits per heavy atom. The zero-order valence-electron chi connectivity index (χ0n) is 12.5. The highest BCUT2D eigenvalue weighted by Crippen LogP contribution is 2.28. The molecule has 0 bridgehead atoms. The Balaban J connectivity index is 2.08. The number of amides is 1. The third kappa shape index (κ3) is 3.44. The second-order valence-corrected chi connectivity index (χ2v) is 5.36. The lowest BCUT2D eigenvalue weighted by Crippen LogP contribution is -2.33. The van der Waals surface area contributed by atoms with Crippen molar-refractivity contribution in [2.24, 2.45) is 0 Å². The average Bonchev–Trinajstić information content (AvgIpc) is 2.92. The molecule has 1 aromatic rings. The van der Waals surface area contributed by atoms with Crippen molar-refractivity contribution in [3.05, 3.63) is 23.3 Å². The third-order valence-corrected chi connectivity index (χ3v) is 3.87. The van der Waals surface area contributed by atoms with Crippen molar-refractivity contribution in [2.75, 3.05) is 14.2 Å². The number of methoxy groups -OCH3 is 2. The van der Waals surface area contributed by atoms with Crippen molar-refractivity contribution in [3.63, 3.8) is 0 Å². The maximum Gasteiger partial charge on any atom is 0.224 e. The molecule has 4 nitrogen and oxygen atoms in total. The molecule has 0 atom stereocenters. The first-order valence-corrected chi connectivity index (χ1v) is 7.15. The quantitative estimate of drug-likeness (QED) is 0.900. The van der Waals surface area contributed by atoms with Gasteiger partial charge in [-0.25, -0.2) is 0 Å². The molecule has 0 spiro atoms. The number of benzene rings is 1. The van der Waals surface area contributed by atoms with E-state index in [1.165, 1.54) is 12.8 Å². The lowest BCUT2D eigenvalue weighted by Gasteiger charge is -2.15. The lowest BCUT2D eigenvalue weighted by atomic mass is 10.1. The van der Waals surface area contributed by atoms with Gasteiger partial charge in [-0.1, -0.05) is 12.8 Å². The van der Waals surface area contributed by atoms with Gasteiger partial charge in [-0.2, -0.15) is 0 Å². The summed E-state index contributed by atoms with van der Waals surface area (Å²) in [6.45, 7) is 1.96. The van der Waals surface area contributed by atoms with E-state index in [4.69, 9.17) is 9.47 Å². The van der Waals surface area contributed by atoms with E-state index in [0.29, 0.717) is 12.5 Å². The minimum absolute atomic E-state index is 0.0566. The van der Waals surface area contributed by atoms with Crippen LogP contribution in [-0.2, 0) is 11.2 Å². The van der Waals surface area contributed by atoms with Crippen molar-refractivity contribution in [2.45, 2.75) is 45.1 Å². The van der Waals surface area contributed by atoms with Crippen LogP contribution in [0.25, 0.3) is 0 Å². The Bertz CT molecular complexity index is 479. The molecule has 0 radical (unpaired) electrons. The van der Waals surface area contributed by atoms with Crippen molar-refractivity contribution in [3.8, 4) is 11.5 Å². The van der Waals surface area contributed by atoms with Crippen LogP contribution >= 0.6 is 0 Å². The van der Waals surface area contributed by atoms with Crippen LogP contribution < -0.4 is 14.8 Å². The van der Waals surface area contributed by atoms with E-state index < -0.39 is 0 Å². The molecule has 1 aliphatic carbocycles. The summed E-state index contributed by atoms with van der Waals surface area (Å²) in [4.78, 5) is 12.1. The molecular formula is C16H23NO3. The molecule has 0 unspecified atom stereocenters. The minimum atomic E-state index is 0.0566. The standard InChI is InChI=1S/C16H23NO3/c1-11-8-15(20-3)12(9-14(11)19-2)10-16(18)17-13-6-4-5-7-13/h8-9,13H,4-7,10H2,1-3H3,(H,17,18). The van der Waals surface area contributed by atoms with Crippen LogP contribution in [0.15, 0.2) is 12.1 Å². The van der Waals surface area contributed by atoms with Gasteiger partial charge in [0.2, 0.25) is 5.91 Å². The molecule has 0 aliphatic heterocycles. The summed E-state index contributed by atoms with van der Waals surface area (Å²) in [6.07, 6.45) is 4.95. The first-order chi connectivity index (χ1) is 9.63. The summed E-state index contributed by atoms with van der Waals surface area (Å²) in [5.74, 6) is 1.58. The molecule has 4 heteroatoms. The number of aryl methyl sites for hydroxylation is 1. The Hall–Kier alpha value is -1.71. The first-order valence-electron chi connectivity index (χ1n) is 7.15. The normalized spacial score (nSPS) is 15.2. The van der Waals surface area contributed by atoms with E-state index in [2.05, 4.69) is 5.32 Å². The van der Waals surface area contributed by atoms with Gasteiger partial charge in [0.15, 0.2) is 0 Å². The van der Waals surface area contributed by atoms with Gasteiger partial charge >= 0.3 is 0 Å². The lowest BCUT2D eigenvalue weighted by molar-refractivity contribution is -0.121. The highest BCUT2D eigenvalue weighted by molar-refractivity contribution is 5.80. The summed E-state index contributed by atoms with van der Waals surface area (Å²) in [6, 6.07) is 4.15. The van der Waals surface area contributed by atoms with Gasteiger partial charge in [0.1, 0.15) is 11.5 Å². The summed E-state index contributed by atoms with van der Waals surface area (Å²) in [5, 5.41) is 3.10. The number of rotatable bonds is 5. The van der Waals surface area contributed by atoms with Crippen LogP contribution in [0, 0.1) is 6.92 Å². The van der Waals surface area contributed by atoms with Crippen LogP contribution in [0.1, 0.15) is 36.8 Å². The van der Waals surface area contributed by atoms with Crippen LogP contribution in [0.2, 0.25) is 0 Å². The topological polar surface area (TPSA) is 47.6 Å². The number of hydrogen-bond donors (Lipinski definition) is 1. The smallest absolute Gasteiger partial charge is 0.224 e. The van der Waals surface area contributed by atoms with Gasteiger partial charge in [-0.3, -0.25) is 4.79 Å². The summed E-state index contributed by atoms with van der Waals surface area (Å²) >= 11 is 0. The van der Waals surface area contributed by atoms with Crippen LogP contribution in [-0.4, -0.2) is 26.2 Å². The molecule has 0 heterocycles. The number of nitrogens with one attached hydrogen (secondary N) is 1. The SMILES string of the molecule is COc1cc(CC(=O)NC2CCCC2)c(OC)cc1C. The molecule has 0 aromatic heterocycles. The van der Waals surface area contributed by atoms with E-state index in [-0.39, 0.29) is 5.91 Å². The highest BCUT2D eigenvalue weighted by Gasteiger charge is 2.18. The zero-order chi connectivity index (χ0) is 14.5. The number of hydrogen-bond acceptors (Lipinski definition) is 3. The van der Waals surface area contributed by atoms with Crippen LogP contribution in [0.3, 0.4) is 0 Å². The van der Waals surface area contributed by atoms with Crippen LogP contribution in [0.5, 0.6) is 11.5 Å². The molecule has 0 saturated heterocycles. The van der Waals surface area contributed by atoms with Crippen molar-refractivity contribution >= 4 is 5.91 Å². The maximum absolute atomic E-state index is 12.1. The van der Waals surface area contributed by atoms with Gasteiger partial charge in [0.05, 0.1) is 20.6 Å². The first kappa shape index (κ1) is 14.7. The minimum Gasteiger partial charge on any atom is -0.496 e. The Morgan fingerprint density at radius 2 is 1.85 bits per heavy atom. The van der Waals surface area contributed by atoms with E-state index in [1.54, 1.807) is 14.2 Å². The molecule has 1 fully saturated rings. The van der Waals surface area contributed by atoms with Crippen molar-refractivity contribution < 1.29 is 14.3 Å². The molecule has 1 N–H and O–H groups in total. The molecule has 110 valence electrons. The second kappa shape index (κ2) is 6.64. The Kier molecular flexibility index (Phi) is 4.88. The summed E-state index contributed by atoms with van der Waals surface area (Å²) in [5.41, 5.74) is 1.87. The molecule has 1 aromatic carbocycles. The predicted octanol–water partition coefficient (Wildman–Crippen LogP) is 2.61. The third-order valence-electron chi connectivity index (χ3n) is 3.87. The summed E-state index contributed by atoms with van der Waals surface area (Å²) in [7, 11) is 3.26. The fraction of sp³-hybridized carbons (Fsp3) is 0.562. The van der Waals surface area contributed by atoms with Crippen LogP contribution in [0.4, 0.5) is 0 Å². The Labute approximate surface area is 120 Å². The largest absolute Gasteiger partial charge is 0.496 e. The van der Waals surface area contributed by atoms with Gasteiger partial charge in [-0.05, 0) is 37.5 Å². The van der Waals surface area contributed by atoms with Gasteiger partial charge in [0.25, 0.3) is 0 Å². The fourth-order valence-corrected chi connectivity index (χ4v) is 2.77. The van der Waals surface area contributed by atoms with Gasteiger partial charge < -0.3 is 14.8 Å². The van der Waals surface area contributed by atoms with Crippen molar-refractivity contribution in [1.82, 2.24) is 5.32 Å². The molecule has 1 amide bonds. The highest BCUT2D eigenvalue weighted by atomic mass is 16.5. The van der Waals surface area contributed by atoms with Gasteiger partial charge in [0, 0.05) is 11.6 Å². The molecule has 1 aliphatic rings. The zero-order valence-corrected chi connectivity index (χ0v) is 12.5. The number of carbonyl (C=O) groups is 1. The van der Waals surface area contributed by atoms with E-state index in [1.807, 2.05) is 19.1 Å². The van der Waals surface area contributed by atoms with E-state index in [0.717, 1.165) is 35.5 Å². The van der Waals surface area contributed by atoms with E-state index >= 15 is 0 Å². The Morgan fingerprint density at radius 1 is 1.20 bits per heavy atom. The fourth-order valence-electron chi connectivity index (χ4n) is 2.77. The molecule has 2 rings (SSSR count).